The molecule has 0 spiro atoms. The Morgan fingerprint density at radius 2 is 2.17 bits per heavy atom. The fourth-order valence-corrected chi connectivity index (χ4v) is 3.31. The molecule has 1 aliphatic heterocycles. The number of hydrogen-bond acceptors (Lipinski definition) is 4. The summed E-state index contributed by atoms with van der Waals surface area (Å²) in [4.78, 5) is 14.2. The second kappa shape index (κ2) is 6.52. The average Bonchev–Trinajstić information content (AvgIpc) is 3.34. The Balaban J connectivity index is 1.49. The number of nitrogens with zero attached hydrogens (tertiary/aromatic N) is 5. The van der Waals surface area contributed by atoms with Crippen molar-refractivity contribution in [1.29, 1.82) is 0 Å². The molecule has 1 N–H and O–H groups in total. The zero-order valence-corrected chi connectivity index (χ0v) is 13.3. The highest BCUT2D eigenvalue weighted by Gasteiger charge is 2.28. The number of H-pyrrole nitrogens is 1. The van der Waals surface area contributed by atoms with Gasteiger partial charge in [-0.1, -0.05) is 12.1 Å². The van der Waals surface area contributed by atoms with Crippen LogP contribution in [0.4, 0.5) is 4.39 Å². The summed E-state index contributed by atoms with van der Waals surface area (Å²) in [5.41, 5.74) is 1.29. The maximum Gasteiger partial charge on any atom is 0.137 e. The highest BCUT2D eigenvalue weighted by Crippen LogP contribution is 2.31. The molecule has 1 aliphatic rings. The van der Waals surface area contributed by atoms with Crippen LogP contribution in [0.1, 0.15) is 24.7 Å². The van der Waals surface area contributed by atoms with E-state index in [0.717, 1.165) is 44.0 Å². The minimum absolute atomic E-state index is 0.234. The molecule has 1 atom stereocenters. The standard InChI is InChI=1S/C17H19FN6/c18-14-5-2-1-4-13(14)15-10-20-17(22-15)16-6-3-7-23(16)8-9-24-12-19-11-21-24/h1-2,4-5,10-12,16H,3,6-9H2,(H,20,22)/t16-/m1/s1. The molecule has 0 aliphatic carbocycles. The van der Waals surface area contributed by atoms with Gasteiger partial charge in [-0.15, -0.1) is 0 Å². The monoisotopic (exact) mass is 326 g/mol. The van der Waals surface area contributed by atoms with Crippen molar-refractivity contribution in [2.24, 2.45) is 0 Å². The molecule has 7 heteroatoms. The van der Waals surface area contributed by atoms with Crippen molar-refractivity contribution in [3.05, 3.63) is 54.8 Å². The Kier molecular flexibility index (Phi) is 4.08. The van der Waals surface area contributed by atoms with E-state index in [2.05, 4.69) is 25.0 Å². The molecular weight excluding hydrogens is 307 g/mol. The molecule has 2 aromatic heterocycles. The SMILES string of the molecule is Fc1ccccc1-c1cnc([C@H]2CCCN2CCn2cncn2)[nH]1. The molecule has 4 rings (SSSR count). The van der Waals surface area contributed by atoms with E-state index in [1.165, 1.54) is 6.07 Å². The minimum Gasteiger partial charge on any atom is -0.341 e. The number of aromatic amines is 1. The molecule has 0 unspecified atom stereocenters. The second-order valence-electron chi connectivity index (χ2n) is 6.01. The maximum absolute atomic E-state index is 13.9. The van der Waals surface area contributed by atoms with Crippen molar-refractivity contribution in [2.75, 3.05) is 13.1 Å². The Bertz CT molecular complexity index is 797. The third kappa shape index (κ3) is 2.94. The van der Waals surface area contributed by atoms with Crippen molar-refractivity contribution in [3.63, 3.8) is 0 Å². The van der Waals surface area contributed by atoms with E-state index in [0.29, 0.717) is 5.56 Å². The molecular formula is C17H19FN6. The van der Waals surface area contributed by atoms with E-state index in [1.807, 2.05) is 10.7 Å². The Morgan fingerprint density at radius 3 is 3.00 bits per heavy atom. The molecule has 0 amide bonds. The third-order valence-electron chi connectivity index (χ3n) is 4.52. The number of halogens is 1. The van der Waals surface area contributed by atoms with Crippen molar-refractivity contribution in [1.82, 2.24) is 29.6 Å². The van der Waals surface area contributed by atoms with Gasteiger partial charge in [0.15, 0.2) is 0 Å². The van der Waals surface area contributed by atoms with Crippen molar-refractivity contribution in [2.45, 2.75) is 25.4 Å². The number of benzene rings is 1. The maximum atomic E-state index is 13.9. The molecule has 0 radical (unpaired) electrons. The van der Waals surface area contributed by atoms with E-state index in [1.54, 1.807) is 31.0 Å². The number of aromatic nitrogens is 5. The summed E-state index contributed by atoms with van der Waals surface area (Å²) in [7, 11) is 0. The first kappa shape index (κ1) is 15.0. The van der Waals surface area contributed by atoms with Crippen LogP contribution in [-0.2, 0) is 6.54 Å². The van der Waals surface area contributed by atoms with E-state index >= 15 is 0 Å². The van der Waals surface area contributed by atoms with Crippen LogP contribution in [0, 0.1) is 5.82 Å². The van der Waals surface area contributed by atoms with Crippen LogP contribution in [0.25, 0.3) is 11.3 Å². The smallest absolute Gasteiger partial charge is 0.137 e. The Hall–Kier alpha value is -2.54. The van der Waals surface area contributed by atoms with Gasteiger partial charge < -0.3 is 4.98 Å². The molecule has 0 saturated carbocycles. The summed E-state index contributed by atoms with van der Waals surface area (Å²) in [6.07, 6.45) is 7.20. The van der Waals surface area contributed by atoms with Gasteiger partial charge >= 0.3 is 0 Å². The third-order valence-corrected chi connectivity index (χ3v) is 4.52. The highest BCUT2D eigenvalue weighted by molar-refractivity contribution is 5.59. The zero-order chi connectivity index (χ0) is 16.4. The van der Waals surface area contributed by atoms with Crippen LogP contribution < -0.4 is 0 Å². The lowest BCUT2D eigenvalue weighted by Crippen LogP contribution is -2.28. The number of likely N-dealkylation sites (tertiary alicyclic amines) is 1. The predicted octanol–water partition coefficient (Wildman–Crippen LogP) is 2.64. The Labute approximate surface area is 139 Å². The quantitative estimate of drug-likeness (QED) is 0.783. The van der Waals surface area contributed by atoms with Gasteiger partial charge in [-0.3, -0.25) is 9.58 Å². The highest BCUT2D eigenvalue weighted by atomic mass is 19.1. The van der Waals surface area contributed by atoms with Gasteiger partial charge in [0.2, 0.25) is 0 Å². The molecule has 1 aromatic carbocycles. The molecule has 124 valence electrons. The van der Waals surface area contributed by atoms with Gasteiger partial charge in [0.25, 0.3) is 0 Å². The summed E-state index contributed by atoms with van der Waals surface area (Å²) in [5.74, 6) is 0.673. The van der Waals surface area contributed by atoms with E-state index < -0.39 is 0 Å². The van der Waals surface area contributed by atoms with Gasteiger partial charge in [-0.05, 0) is 31.5 Å². The average molecular weight is 326 g/mol. The lowest BCUT2D eigenvalue weighted by atomic mass is 10.1. The molecule has 24 heavy (non-hydrogen) atoms. The first-order valence-electron chi connectivity index (χ1n) is 8.17. The van der Waals surface area contributed by atoms with Gasteiger partial charge in [-0.2, -0.15) is 5.10 Å². The van der Waals surface area contributed by atoms with E-state index in [-0.39, 0.29) is 11.9 Å². The van der Waals surface area contributed by atoms with Crippen molar-refractivity contribution < 1.29 is 4.39 Å². The van der Waals surface area contributed by atoms with E-state index in [4.69, 9.17) is 0 Å². The Morgan fingerprint density at radius 1 is 1.25 bits per heavy atom. The number of nitrogens with one attached hydrogen (secondary N) is 1. The van der Waals surface area contributed by atoms with Gasteiger partial charge in [-0.25, -0.2) is 14.4 Å². The fraction of sp³-hybridized carbons (Fsp3) is 0.353. The molecule has 1 saturated heterocycles. The van der Waals surface area contributed by atoms with Crippen molar-refractivity contribution in [3.8, 4) is 11.3 Å². The van der Waals surface area contributed by atoms with Gasteiger partial charge in [0.05, 0.1) is 24.5 Å². The summed E-state index contributed by atoms with van der Waals surface area (Å²) < 4.78 is 15.8. The largest absolute Gasteiger partial charge is 0.341 e. The molecule has 6 nitrogen and oxygen atoms in total. The predicted molar refractivity (Wildman–Crippen MR) is 87.6 cm³/mol. The summed E-state index contributed by atoms with van der Waals surface area (Å²) in [6, 6.07) is 7.01. The fourth-order valence-electron chi connectivity index (χ4n) is 3.31. The number of imidazole rings is 1. The van der Waals surface area contributed by atoms with E-state index in [9.17, 15) is 4.39 Å². The van der Waals surface area contributed by atoms with Crippen LogP contribution in [0.2, 0.25) is 0 Å². The summed E-state index contributed by atoms with van der Waals surface area (Å²) in [5, 5.41) is 4.14. The number of hydrogen-bond donors (Lipinski definition) is 1. The number of rotatable bonds is 5. The first-order valence-corrected chi connectivity index (χ1v) is 8.17. The second-order valence-corrected chi connectivity index (χ2v) is 6.01. The van der Waals surface area contributed by atoms with Crippen molar-refractivity contribution >= 4 is 0 Å². The van der Waals surface area contributed by atoms with Crippen LogP contribution >= 0.6 is 0 Å². The lowest BCUT2D eigenvalue weighted by Gasteiger charge is -2.22. The van der Waals surface area contributed by atoms with Crippen LogP contribution in [0.5, 0.6) is 0 Å². The van der Waals surface area contributed by atoms with Gasteiger partial charge in [0, 0.05) is 12.1 Å². The molecule has 3 aromatic rings. The summed E-state index contributed by atoms with van der Waals surface area (Å²) >= 11 is 0. The normalized spacial score (nSPS) is 18.3. The molecule has 0 bridgehead atoms. The topological polar surface area (TPSA) is 62.6 Å². The molecule has 1 fully saturated rings. The first-order chi connectivity index (χ1) is 11.8. The summed E-state index contributed by atoms with van der Waals surface area (Å²) in [6.45, 7) is 2.73. The molecule has 3 heterocycles. The van der Waals surface area contributed by atoms with Crippen LogP contribution in [0.15, 0.2) is 43.1 Å². The van der Waals surface area contributed by atoms with Crippen LogP contribution in [0.3, 0.4) is 0 Å². The lowest BCUT2D eigenvalue weighted by molar-refractivity contribution is 0.236. The minimum atomic E-state index is -0.234. The van der Waals surface area contributed by atoms with Gasteiger partial charge in [0.1, 0.15) is 24.3 Å². The van der Waals surface area contributed by atoms with Crippen LogP contribution in [-0.4, -0.2) is 42.7 Å². The zero-order valence-electron chi connectivity index (χ0n) is 13.3.